The molecule has 0 radical (unpaired) electrons. The van der Waals surface area contributed by atoms with Crippen LogP contribution in [0.4, 0.5) is 5.82 Å². The first-order valence-corrected chi connectivity index (χ1v) is 9.84. The number of hydrogen-bond acceptors (Lipinski definition) is 5. The number of pyridine rings is 1. The lowest BCUT2D eigenvalue weighted by Gasteiger charge is -2.33. The van der Waals surface area contributed by atoms with Gasteiger partial charge in [0.1, 0.15) is 5.82 Å². The van der Waals surface area contributed by atoms with E-state index in [1.54, 1.807) is 7.05 Å². The third-order valence-electron chi connectivity index (χ3n) is 4.55. The minimum Gasteiger partial charge on any atom is -0.354 e. The Morgan fingerprint density at radius 1 is 1.15 bits per heavy atom. The number of likely N-dealkylation sites (N-methyl/N-ethyl adjacent to an activating group) is 1. The Morgan fingerprint density at radius 2 is 1.92 bits per heavy atom. The highest BCUT2D eigenvalue weighted by atomic mass is 32.1. The lowest BCUT2D eigenvalue weighted by molar-refractivity contribution is 0.312. The number of aromatic nitrogens is 1. The highest BCUT2D eigenvalue weighted by Crippen LogP contribution is 2.15. The van der Waals surface area contributed by atoms with Gasteiger partial charge in [-0.15, -0.1) is 11.3 Å². The first kappa shape index (κ1) is 18.7. The number of piperazine rings is 1. The summed E-state index contributed by atoms with van der Waals surface area (Å²) < 4.78 is 0. The molecule has 1 aliphatic heterocycles. The second-order valence-electron chi connectivity index (χ2n) is 6.60. The van der Waals surface area contributed by atoms with Crippen molar-refractivity contribution in [2.45, 2.75) is 20.0 Å². The Hall–Kier alpha value is -2.12. The summed E-state index contributed by atoms with van der Waals surface area (Å²) in [7, 11) is 3.97. The van der Waals surface area contributed by atoms with Crippen LogP contribution in [0.2, 0.25) is 0 Å². The van der Waals surface area contributed by atoms with Crippen LogP contribution < -0.4 is 15.5 Å². The third-order valence-corrected chi connectivity index (χ3v) is 5.55. The second-order valence-corrected chi connectivity index (χ2v) is 7.98. The molecule has 2 N–H and O–H groups in total. The molecule has 3 rings (SSSR count). The normalized spacial score (nSPS) is 16.0. The van der Waals surface area contributed by atoms with E-state index in [0.29, 0.717) is 0 Å². The van der Waals surface area contributed by atoms with Gasteiger partial charge >= 0.3 is 0 Å². The number of aryl methyl sites for hydroxylation is 1. The molecule has 1 saturated heterocycles. The highest BCUT2D eigenvalue weighted by molar-refractivity contribution is 7.11. The molecule has 0 aliphatic carbocycles. The SMILES string of the molecule is CN=C(NCc1ccnc(N2CCN(C)CC2)c1)NCc1ccc(C)s1. The minimum atomic E-state index is 0.729. The van der Waals surface area contributed by atoms with E-state index in [9.17, 15) is 0 Å². The fraction of sp³-hybridized carbons (Fsp3) is 0.474. The molecule has 0 unspecified atom stereocenters. The standard InChI is InChI=1S/C19H28N6S/c1-15-4-5-17(26-15)14-23-19(20-2)22-13-16-6-7-21-18(12-16)25-10-8-24(3)9-11-25/h4-7,12H,8-11,13-14H2,1-3H3,(H2,20,22,23). The summed E-state index contributed by atoms with van der Waals surface area (Å²) in [5.41, 5.74) is 1.21. The minimum absolute atomic E-state index is 0.729. The highest BCUT2D eigenvalue weighted by Gasteiger charge is 2.15. The largest absolute Gasteiger partial charge is 0.354 e. The molecule has 1 aliphatic rings. The number of aliphatic imine (C=N–C) groups is 1. The van der Waals surface area contributed by atoms with E-state index in [1.807, 2.05) is 17.5 Å². The van der Waals surface area contributed by atoms with Crippen molar-refractivity contribution in [3.05, 3.63) is 45.8 Å². The number of rotatable bonds is 5. The van der Waals surface area contributed by atoms with E-state index in [-0.39, 0.29) is 0 Å². The van der Waals surface area contributed by atoms with Crippen LogP contribution in [-0.4, -0.2) is 56.1 Å². The Kier molecular flexibility index (Phi) is 6.46. The summed E-state index contributed by atoms with van der Waals surface area (Å²) in [5, 5.41) is 6.76. The van der Waals surface area contributed by atoms with Crippen molar-refractivity contribution >= 4 is 23.1 Å². The first-order chi connectivity index (χ1) is 12.6. The number of thiophene rings is 1. The molecule has 0 bridgehead atoms. The van der Waals surface area contributed by atoms with E-state index in [0.717, 1.165) is 51.0 Å². The molecule has 140 valence electrons. The van der Waals surface area contributed by atoms with Crippen LogP contribution in [0.1, 0.15) is 15.3 Å². The molecule has 2 aromatic rings. The summed E-state index contributed by atoms with van der Waals surface area (Å²) in [6.45, 7) is 7.88. The summed E-state index contributed by atoms with van der Waals surface area (Å²) >= 11 is 1.81. The van der Waals surface area contributed by atoms with Gasteiger partial charge in [0.05, 0.1) is 6.54 Å². The van der Waals surface area contributed by atoms with Crippen LogP contribution in [-0.2, 0) is 13.1 Å². The zero-order valence-electron chi connectivity index (χ0n) is 15.8. The Balaban J connectivity index is 1.52. The molecule has 0 saturated carbocycles. The number of nitrogens with zero attached hydrogens (tertiary/aromatic N) is 4. The molecule has 2 aromatic heterocycles. The second kappa shape index (κ2) is 9.00. The quantitative estimate of drug-likeness (QED) is 0.622. The third kappa shape index (κ3) is 5.19. The van der Waals surface area contributed by atoms with Gasteiger partial charge in [0.2, 0.25) is 0 Å². The van der Waals surface area contributed by atoms with Gasteiger partial charge in [-0.05, 0) is 43.8 Å². The van der Waals surface area contributed by atoms with Crippen LogP contribution in [0, 0.1) is 6.92 Å². The smallest absolute Gasteiger partial charge is 0.191 e. The molecule has 0 amide bonds. The summed E-state index contributed by atoms with van der Waals surface area (Å²) in [6, 6.07) is 8.54. The van der Waals surface area contributed by atoms with E-state index >= 15 is 0 Å². The summed E-state index contributed by atoms with van der Waals surface area (Å²) in [5.74, 6) is 1.88. The number of anilines is 1. The lowest BCUT2D eigenvalue weighted by atomic mass is 10.2. The molecule has 26 heavy (non-hydrogen) atoms. The Bertz CT molecular complexity index is 733. The van der Waals surface area contributed by atoms with Crippen LogP contribution in [0.5, 0.6) is 0 Å². The van der Waals surface area contributed by atoms with Gasteiger partial charge in [0.15, 0.2) is 5.96 Å². The van der Waals surface area contributed by atoms with E-state index in [2.05, 4.69) is 68.6 Å². The van der Waals surface area contributed by atoms with E-state index in [4.69, 9.17) is 0 Å². The molecule has 6 nitrogen and oxygen atoms in total. The van der Waals surface area contributed by atoms with Crippen molar-refractivity contribution in [1.29, 1.82) is 0 Å². The zero-order valence-corrected chi connectivity index (χ0v) is 16.6. The van der Waals surface area contributed by atoms with Crippen molar-refractivity contribution < 1.29 is 0 Å². The molecule has 0 aromatic carbocycles. The van der Waals surface area contributed by atoms with E-state index in [1.165, 1.54) is 15.3 Å². The van der Waals surface area contributed by atoms with Crippen molar-refractivity contribution in [3.63, 3.8) is 0 Å². The van der Waals surface area contributed by atoms with Crippen molar-refractivity contribution in [2.24, 2.45) is 4.99 Å². The number of hydrogen-bond donors (Lipinski definition) is 2. The zero-order chi connectivity index (χ0) is 18.4. The molecule has 7 heteroatoms. The van der Waals surface area contributed by atoms with Gasteiger partial charge in [-0.1, -0.05) is 0 Å². The predicted molar refractivity (Wildman–Crippen MR) is 110 cm³/mol. The Morgan fingerprint density at radius 3 is 2.62 bits per heavy atom. The average Bonchev–Trinajstić information content (AvgIpc) is 3.08. The Labute approximate surface area is 160 Å². The molecular weight excluding hydrogens is 344 g/mol. The van der Waals surface area contributed by atoms with Crippen LogP contribution in [0.3, 0.4) is 0 Å². The van der Waals surface area contributed by atoms with Gasteiger partial charge in [-0.25, -0.2) is 4.98 Å². The van der Waals surface area contributed by atoms with Gasteiger partial charge in [0.25, 0.3) is 0 Å². The molecule has 1 fully saturated rings. The van der Waals surface area contributed by atoms with Crippen molar-refractivity contribution in [3.8, 4) is 0 Å². The van der Waals surface area contributed by atoms with Gasteiger partial charge in [-0.2, -0.15) is 0 Å². The predicted octanol–water partition coefficient (Wildman–Crippen LogP) is 2.07. The maximum absolute atomic E-state index is 4.55. The summed E-state index contributed by atoms with van der Waals surface area (Å²) in [4.78, 5) is 16.2. The van der Waals surface area contributed by atoms with Crippen molar-refractivity contribution in [1.82, 2.24) is 20.5 Å². The maximum Gasteiger partial charge on any atom is 0.191 e. The topological polar surface area (TPSA) is 55.8 Å². The average molecular weight is 373 g/mol. The van der Waals surface area contributed by atoms with Crippen LogP contribution >= 0.6 is 11.3 Å². The molecular formula is C19H28N6S. The molecule has 0 atom stereocenters. The number of nitrogens with one attached hydrogen (secondary N) is 2. The molecule has 0 spiro atoms. The van der Waals surface area contributed by atoms with Crippen LogP contribution in [0.25, 0.3) is 0 Å². The molecule has 3 heterocycles. The number of guanidine groups is 1. The van der Waals surface area contributed by atoms with Crippen molar-refractivity contribution in [2.75, 3.05) is 45.2 Å². The van der Waals surface area contributed by atoms with E-state index < -0.39 is 0 Å². The monoisotopic (exact) mass is 372 g/mol. The first-order valence-electron chi connectivity index (χ1n) is 9.02. The maximum atomic E-state index is 4.55. The van der Waals surface area contributed by atoms with Gasteiger partial charge in [-0.3, -0.25) is 4.99 Å². The summed E-state index contributed by atoms with van der Waals surface area (Å²) in [6.07, 6.45) is 1.90. The van der Waals surface area contributed by atoms with Crippen LogP contribution in [0.15, 0.2) is 35.5 Å². The fourth-order valence-electron chi connectivity index (χ4n) is 2.94. The van der Waals surface area contributed by atoms with Gasteiger partial charge in [0, 0.05) is 55.7 Å². The van der Waals surface area contributed by atoms with Gasteiger partial charge < -0.3 is 20.4 Å². The lowest BCUT2D eigenvalue weighted by Crippen LogP contribution is -2.44. The fourth-order valence-corrected chi connectivity index (χ4v) is 3.77.